The molecule has 0 aliphatic carbocycles. The zero-order valence-electron chi connectivity index (χ0n) is 16.3. The first-order valence-electron chi connectivity index (χ1n) is 8.98. The minimum absolute atomic E-state index is 0.0876. The molecule has 1 aliphatic rings. The molecule has 148 valence electrons. The predicted octanol–water partition coefficient (Wildman–Crippen LogP) is 4.07. The van der Waals surface area contributed by atoms with Gasteiger partial charge in [0.1, 0.15) is 0 Å². The summed E-state index contributed by atoms with van der Waals surface area (Å²) in [5.41, 5.74) is 2.77. The van der Waals surface area contributed by atoms with E-state index >= 15 is 0 Å². The van der Waals surface area contributed by atoms with Crippen LogP contribution in [0.4, 0.5) is 5.69 Å². The number of halogens is 1. The third-order valence-electron chi connectivity index (χ3n) is 4.67. The van der Waals surface area contributed by atoms with Crippen LogP contribution in [0.15, 0.2) is 41.6 Å². The molecule has 6 nitrogen and oxygen atoms in total. The average Bonchev–Trinajstić information content (AvgIpc) is 3.02. The zero-order chi connectivity index (χ0) is 20.3. The first-order chi connectivity index (χ1) is 13.5. The molecule has 0 bridgehead atoms. The molecule has 0 saturated heterocycles. The molecule has 0 saturated carbocycles. The molecular weight excluding hydrogens is 380 g/mol. The van der Waals surface area contributed by atoms with Gasteiger partial charge < -0.3 is 19.2 Å². The lowest BCUT2D eigenvalue weighted by molar-refractivity contribution is -0.129. The summed E-state index contributed by atoms with van der Waals surface area (Å²) in [6.07, 6.45) is 1.60. The van der Waals surface area contributed by atoms with Crippen molar-refractivity contribution in [2.75, 3.05) is 19.1 Å². The Morgan fingerprint density at radius 3 is 2.75 bits per heavy atom. The second-order valence-electron chi connectivity index (χ2n) is 6.61. The highest BCUT2D eigenvalue weighted by Crippen LogP contribution is 2.35. The quantitative estimate of drug-likeness (QED) is 0.539. The summed E-state index contributed by atoms with van der Waals surface area (Å²) in [6, 6.07) is 11.4. The van der Waals surface area contributed by atoms with E-state index in [4.69, 9.17) is 25.9 Å². The number of carbonyl (C=O) groups is 1. The Kier molecular flexibility index (Phi) is 6.09. The largest absolute Gasteiger partial charge is 0.493 e. The number of oxime groups is 1. The van der Waals surface area contributed by atoms with Crippen LogP contribution in [-0.4, -0.2) is 38.5 Å². The van der Waals surface area contributed by atoms with Crippen molar-refractivity contribution in [2.24, 2.45) is 5.16 Å². The fourth-order valence-corrected chi connectivity index (χ4v) is 3.63. The molecule has 0 radical (unpaired) electrons. The number of anilines is 1. The second-order valence-corrected chi connectivity index (χ2v) is 7.02. The summed E-state index contributed by atoms with van der Waals surface area (Å²) in [5, 5.41) is 4.36. The number of ether oxygens (including phenoxy) is 2. The molecule has 2 atom stereocenters. The van der Waals surface area contributed by atoms with Crippen LogP contribution < -0.4 is 14.4 Å². The summed E-state index contributed by atoms with van der Waals surface area (Å²) in [4.78, 5) is 20.1. The van der Waals surface area contributed by atoms with Crippen LogP contribution in [0.3, 0.4) is 0 Å². The topological polar surface area (TPSA) is 60.4 Å². The van der Waals surface area contributed by atoms with Crippen LogP contribution in [0.2, 0.25) is 5.02 Å². The number of fused-ring (bicyclic) bond motifs is 1. The standard InChI is InChI=1S/C21H23ClN2O4/c1-13-9-16-7-5-6-8-18(16)24(13)21(25)14(2)28-23-12-15-10-17(22)20(27-4)19(11-15)26-3/h5-8,10-14H,9H2,1-4H3. The van der Waals surface area contributed by atoms with Crippen LogP contribution in [0.25, 0.3) is 0 Å². The van der Waals surface area contributed by atoms with Gasteiger partial charge in [0.25, 0.3) is 5.91 Å². The van der Waals surface area contributed by atoms with Gasteiger partial charge in [-0.25, -0.2) is 0 Å². The molecule has 0 spiro atoms. The summed E-state index contributed by atoms with van der Waals surface area (Å²) in [6.45, 7) is 3.72. The van der Waals surface area contributed by atoms with Gasteiger partial charge in [-0.1, -0.05) is 35.0 Å². The fourth-order valence-electron chi connectivity index (χ4n) is 3.34. The number of carbonyl (C=O) groups excluding carboxylic acids is 1. The van der Waals surface area contributed by atoms with Gasteiger partial charge in [-0.2, -0.15) is 0 Å². The second kappa shape index (κ2) is 8.52. The minimum Gasteiger partial charge on any atom is -0.493 e. The number of rotatable bonds is 6. The summed E-state index contributed by atoms with van der Waals surface area (Å²) in [5.74, 6) is 0.815. The molecule has 3 rings (SSSR count). The molecule has 28 heavy (non-hydrogen) atoms. The maximum absolute atomic E-state index is 12.9. The van der Waals surface area contributed by atoms with Gasteiger partial charge in [0.2, 0.25) is 6.10 Å². The van der Waals surface area contributed by atoms with E-state index in [9.17, 15) is 4.79 Å². The van der Waals surface area contributed by atoms with Crippen molar-refractivity contribution in [3.05, 3.63) is 52.5 Å². The van der Waals surface area contributed by atoms with Gasteiger partial charge >= 0.3 is 0 Å². The zero-order valence-corrected chi connectivity index (χ0v) is 17.1. The molecule has 0 fully saturated rings. The first-order valence-corrected chi connectivity index (χ1v) is 9.35. The van der Waals surface area contributed by atoms with Crippen molar-refractivity contribution in [3.8, 4) is 11.5 Å². The molecule has 2 aromatic rings. The van der Waals surface area contributed by atoms with E-state index < -0.39 is 6.10 Å². The highest BCUT2D eigenvalue weighted by Gasteiger charge is 2.33. The molecule has 1 aliphatic heterocycles. The van der Waals surface area contributed by atoms with E-state index in [1.165, 1.54) is 26.0 Å². The summed E-state index contributed by atoms with van der Waals surface area (Å²) in [7, 11) is 3.05. The molecule has 7 heteroatoms. The van der Waals surface area contributed by atoms with E-state index in [-0.39, 0.29) is 11.9 Å². The Labute approximate surface area is 169 Å². The van der Waals surface area contributed by atoms with Gasteiger partial charge in [0.05, 0.1) is 25.5 Å². The lowest BCUT2D eigenvalue weighted by Gasteiger charge is -2.24. The Morgan fingerprint density at radius 1 is 1.29 bits per heavy atom. The molecule has 0 N–H and O–H groups in total. The number of hydrogen-bond donors (Lipinski definition) is 0. The van der Waals surface area contributed by atoms with Crippen LogP contribution >= 0.6 is 11.6 Å². The third kappa shape index (κ3) is 3.92. The maximum Gasteiger partial charge on any atom is 0.270 e. The smallest absolute Gasteiger partial charge is 0.270 e. The van der Waals surface area contributed by atoms with E-state index in [1.54, 1.807) is 24.0 Å². The molecule has 2 aromatic carbocycles. The Hall–Kier alpha value is -2.73. The van der Waals surface area contributed by atoms with E-state index in [0.29, 0.717) is 22.1 Å². The number of amides is 1. The van der Waals surface area contributed by atoms with Crippen LogP contribution in [0.1, 0.15) is 25.0 Å². The minimum atomic E-state index is -0.722. The van der Waals surface area contributed by atoms with Crippen molar-refractivity contribution >= 4 is 29.4 Å². The van der Waals surface area contributed by atoms with Crippen LogP contribution in [0.5, 0.6) is 11.5 Å². The average molecular weight is 403 g/mol. The number of hydrogen-bond acceptors (Lipinski definition) is 5. The van der Waals surface area contributed by atoms with Crippen LogP contribution in [-0.2, 0) is 16.1 Å². The Morgan fingerprint density at radius 2 is 2.04 bits per heavy atom. The number of benzene rings is 2. The van der Waals surface area contributed by atoms with Crippen molar-refractivity contribution in [2.45, 2.75) is 32.4 Å². The normalized spacial score (nSPS) is 16.8. The molecule has 0 aromatic heterocycles. The maximum atomic E-state index is 12.9. The number of methoxy groups -OCH3 is 2. The van der Waals surface area contributed by atoms with Crippen molar-refractivity contribution in [3.63, 3.8) is 0 Å². The van der Waals surface area contributed by atoms with Crippen molar-refractivity contribution < 1.29 is 19.1 Å². The monoisotopic (exact) mass is 402 g/mol. The molecule has 1 heterocycles. The van der Waals surface area contributed by atoms with Gasteiger partial charge in [-0.3, -0.25) is 4.79 Å². The highest BCUT2D eigenvalue weighted by atomic mass is 35.5. The Balaban J connectivity index is 1.70. The van der Waals surface area contributed by atoms with E-state index in [2.05, 4.69) is 5.16 Å². The van der Waals surface area contributed by atoms with Gasteiger partial charge in [-0.15, -0.1) is 0 Å². The lowest BCUT2D eigenvalue weighted by Crippen LogP contribution is -2.42. The highest BCUT2D eigenvalue weighted by molar-refractivity contribution is 6.32. The van der Waals surface area contributed by atoms with Gasteiger partial charge in [0, 0.05) is 17.3 Å². The summed E-state index contributed by atoms with van der Waals surface area (Å²) < 4.78 is 10.5. The fraction of sp³-hybridized carbons (Fsp3) is 0.333. The molecule has 1 amide bonds. The van der Waals surface area contributed by atoms with Crippen LogP contribution in [0, 0.1) is 0 Å². The predicted molar refractivity (Wildman–Crippen MR) is 110 cm³/mol. The Bertz CT molecular complexity index is 900. The number of para-hydroxylation sites is 1. The lowest BCUT2D eigenvalue weighted by atomic mass is 10.1. The van der Waals surface area contributed by atoms with E-state index in [0.717, 1.165) is 12.1 Å². The SMILES string of the molecule is COc1cc(C=NOC(C)C(=O)N2c3ccccc3CC2C)cc(Cl)c1OC. The third-order valence-corrected chi connectivity index (χ3v) is 4.95. The van der Waals surface area contributed by atoms with Gasteiger partial charge in [0.15, 0.2) is 11.5 Å². The van der Waals surface area contributed by atoms with Crippen molar-refractivity contribution in [1.82, 2.24) is 0 Å². The van der Waals surface area contributed by atoms with Crippen molar-refractivity contribution in [1.29, 1.82) is 0 Å². The first kappa shape index (κ1) is 20.0. The van der Waals surface area contributed by atoms with Gasteiger partial charge in [-0.05, 0) is 44.0 Å². The number of nitrogens with zero attached hydrogens (tertiary/aromatic N) is 2. The molecule has 2 unspecified atom stereocenters. The molecular formula is C21H23ClN2O4. The van der Waals surface area contributed by atoms with E-state index in [1.807, 2.05) is 31.2 Å². The summed E-state index contributed by atoms with van der Waals surface area (Å²) >= 11 is 6.19.